The van der Waals surface area contributed by atoms with Crippen LogP contribution in [0.5, 0.6) is 0 Å². The van der Waals surface area contributed by atoms with Crippen molar-refractivity contribution in [2.45, 2.75) is 26.2 Å². The van der Waals surface area contributed by atoms with Gasteiger partial charge in [0.15, 0.2) is 0 Å². The van der Waals surface area contributed by atoms with Crippen LogP contribution in [0, 0.1) is 18.7 Å². The van der Waals surface area contributed by atoms with Crippen molar-refractivity contribution in [3.63, 3.8) is 0 Å². The van der Waals surface area contributed by atoms with E-state index in [0.717, 1.165) is 16.8 Å². The van der Waals surface area contributed by atoms with E-state index in [9.17, 15) is 14.0 Å². The predicted molar refractivity (Wildman–Crippen MR) is 104 cm³/mol. The molecule has 0 spiro atoms. The summed E-state index contributed by atoms with van der Waals surface area (Å²) in [6, 6.07) is 11.3. The van der Waals surface area contributed by atoms with Gasteiger partial charge in [0, 0.05) is 29.7 Å². The molecule has 0 atom stereocenters. The molecule has 2 amide bonds. The number of piperidine rings is 1. The van der Waals surface area contributed by atoms with E-state index in [-0.39, 0.29) is 30.0 Å². The van der Waals surface area contributed by atoms with Gasteiger partial charge in [0.2, 0.25) is 11.8 Å². The molecular weight excluding hydrogens is 367 g/mol. The molecule has 2 aromatic carbocycles. The molecule has 1 saturated heterocycles. The van der Waals surface area contributed by atoms with E-state index in [0.29, 0.717) is 31.0 Å². The molecule has 142 valence electrons. The highest BCUT2D eigenvalue weighted by Gasteiger charge is 2.27. The largest absolute Gasteiger partial charge is 0.342 e. The minimum Gasteiger partial charge on any atom is -0.342 e. The highest BCUT2D eigenvalue weighted by Crippen LogP contribution is 2.23. The molecular formula is C21H22ClFN2O2. The first-order valence-corrected chi connectivity index (χ1v) is 9.39. The molecule has 27 heavy (non-hydrogen) atoms. The molecule has 3 rings (SSSR count). The average molecular weight is 389 g/mol. The molecule has 0 aliphatic carbocycles. The second-order valence-electron chi connectivity index (χ2n) is 6.91. The molecule has 1 aliphatic heterocycles. The van der Waals surface area contributed by atoms with E-state index in [1.165, 1.54) is 12.1 Å². The Morgan fingerprint density at radius 1 is 1.15 bits per heavy atom. The zero-order valence-electron chi connectivity index (χ0n) is 15.2. The number of nitrogens with one attached hydrogen (secondary N) is 1. The third-order valence-electron chi connectivity index (χ3n) is 4.93. The minimum atomic E-state index is -0.311. The van der Waals surface area contributed by atoms with Gasteiger partial charge in [-0.15, -0.1) is 0 Å². The Labute approximate surface area is 163 Å². The molecule has 0 saturated carbocycles. The van der Waals surface area contributed by atoms with Crippen molar-refractivity contribution in [2.75, 3.05) is 18.4 Å². The number of rotatable bonds is 4. The third-order valence-corrected chi connectivity index (χ3v) is 5.17. The summed E-state index contributed by atoms with van der Waals surface area (Å²) in [5.74, 6) is -0.441. The van der Waals surface area contributed by atoms with Gasteiger partial charge in [-0.25, -0.2) is 4.39 Å². The first-order valence-electron chi connectivity index (χ1n) is 9.01. The van der Waals surface area contributed by atoms with E-state index >= 15 is 0 Å². The Morgan fingerprint density at radius 2 is 1.81 bits per heavy atom. The second kappa shape index (κ2) is 8.53. The van der Waals surface area contributed by atoms with Gasteiger partial charge in [-0.05, 0) is 61.2 Å². The molecule has 0 bridgehead atoms. The number of benzene rings is 2. The van der Waals surface area contributed by atoms with Gasteiger partial charge in [0.25, 0.3) is 0 Å². The van der Waals surface area contributed by atoms with Crippen LogP contribution in [0.1, 0.15) is 24.0 Å². The Hall–Kier alpha value is -2.40. The lowest BCUT2D eigenvalue weighted by Crippen LogP contribution is -2.42. The van der Waals surface area contributed by atoms with Crippen molar-refractivity contribution < 1.29 is 14.0 Å². The normalized spacial score (nSPS) is 14.9. The Balaban J connectivity index is 1.51. The quantitative estimate of drug-likeness (QED) is 0.853. The number of carbonyl (C=O) groups excluding carboxylic acids is 2. The maximum atomic E-state index is 13.0. The van der Waals surface area contributed by atoms with Gasteiger partial charge in [0.1, 0.15) is 5.82 Å². The Morgan fingerprint density at radius 3 is 2.44 bits per heavy atom. The molecule has 0 radical (unpaired) electrons. The van der Waals surface area contributed by atoms with Gasteiger partial charge in [-0.2, -0.15) is 0 Å². The van der Waals surface area contributed by atoms with Gasteiger partial charge in [-0.1, -0.05) is 23.7 Å². The number of hydrogen-bond acceptors (Lipinski definition) is 2. The Bertz CT molecular complexity index is 831. The summed E-state index contributed by atoms with van der Waals surface area (Å²) < 4.78 is 13.0. The van der Waals surface area contributed by atoms with Crippen LogP contribution in [0.4, 0.5) is 10.1 Å². The molecule has 1 heterocycles. The fourth-order valence-corrected chi connectivity index (χ4v) is 3.51. The van der Waals surface area contributed by atoms with Crippen molar-refractivity contribution >= 4 is 29.1 Å². The monoisotopic (exact) mass is 388 g/mol. The van der Waals surface area contributed by atoms with Crippen molar-refractivity contribution in [1.82, 2.24) is 4.90 Å². The second-order valence-corrected chi connectivity index (χ2v) is 7.34. The molecule has 2 aromatic rings. The zero-order chi connectivity index (χ0) is 19.4. The van der Waals surface area contributed by atoms with Crippen LogP contribution >= 0.6 is 11.6 Å². The van der Waals surface area contributed by atoms with Gasteiger partial charge >= 0.3 is 0 Å². The topological polar surface area (TPSA) is 49.4 Å². The summed E-state index contributed by atoms with van der Waals surface area (Å²) in [4.78, 5) is 26.7. The average Bonchev–Trinajstić information content (AvgIpc) is 2.66. The first-order chi connectivity index (χ1) is 12.9. The molecule has 6 heteroatoms. The molecule has 4 nitrogen and oxygen atoms in total. The van der Waals surface area contributed by atoms with Crippen molar-refractivity contribution in [3.8, 4) is 0 Å². The van der Waals surface area contributed by atoms with Crippen LogP contribution in [0.2, 0.25) is 5.02 Å². The lowest BCUT2D eigenvalue weighted by molar-refractivity contribution is -0.133. The highest BCUT2D eigenvalue weighted by molar-refractivity contribution is 6.30. The number of likely N-dealkylation sites (tertiary alicyclic amines) is 1. The van der Waals surface area contributed by atoms with Crippen molar-refractivity contribution in [1.29, 1.82) is 0 Å². The number of nitrogens with zero attached hydrogens (tertiary/aromatic N) is 1. The van der Waals surface area contributed by atoms with Crippen molar-refractivity contribution in [3.05, 3.63) is 64.4 Å². The summed E-state index contributed by atoms with van der Waals surface area (Å²) in [7, 11) is 0. The van der Waals surface area contributed by atoms with Crippen LogP contribution in [0.15, 0.2) is 42.5 Å². The SMILES string of the molecule is Cc1cc(Cl)ccc1NC(=O)C1CCN(C(=O)Cc2ccc(F)cc2)CC1. The van der Waals surface area contributed by atoms with E-state index in [1.807, 2.05) is 13.0 Å². The highest BCUT2D eigenvalue weighted by atomic mass is 35.5. The maximum absolute atomic E-state index is 13.0. The van der Waals surface area contributed by atoms with Gasteiger partial charge in [0.05, 0.1) is 6.42 Å². The van der Waals surface area contributed by atoms with Crippen molar-refractivity contribution in [2.24, 2.45) is 5.92 Å². The van der Waals surface area contributed by atoms with Crippen LogP contribution in [0.25, 0.3) is 0 Å². The molecule has 1 aliphatic rings. The zero-order valence-corrected chi connectivity index (χ0v) is 15.9. The molecule has 1 fully saturated rings. The van der Waals surface area contributed by atoms with Crippen LogP contribution in [-0.4, -0.2) is 29.8 Å². The fourth-order valence-electron chi connectivity index (χ4n) is 3.28. The number of aryl methyl sites for hydroxylation is 1. The third kappa shape index (κ3) is 5.07. The standard InChI is InChI=1S/C21H22ClFN2O2/c1-14-12-17(22)4-7-19(14)24-21(27)16-8-10-25(11-9-16)20(26)13-15-2-5-18(23)6-3-15/h2-7,12,16H,8-11,13H2,1H3,(H,24,27). The number of hydrogen-bond donors (Lipinski definition) is 1. The fraction of sp³-hybridized carbons (Fsp3) is 0.333. The van der Waals surface area contributed by atoms with E-state index in [2.05, 4.69) is 5.32 Å². The number of anilines is 1. The minimum absolute atomic E-state index is 0.00834. The number of carbonyl (C=O) groups is 2. The van der Waals surface area contributed by atoms with Gasteiger partial charge < -0.3 is 10.2 Å². The summed E-state index contributed by atoms with van der Waals surface area (Å²) in [6.07, 6.45) is 1.52. The smallest absolute Gasteiger partial charge is 0.227 e. The summed E-state index contributed by atoms with van der Waals surface area (Å²) in [5.41, 5.74) is 2.47. The maximum Gasteiger partial charge on any atom is 0.227 e. The molecule has 0 aromatic heterocycles. The molecule has 1 N–H and O–H groups in total. The lowest BCUT2D eigenvalue weighted by atomic mass is 9.95. The molecule has 0 unspecified atom stereocenters. The van der Waals surface area contributed by atoms with E-state index < -0.39 is 0 Å². The number of halogens is 2. The predicted octanol–water partition coefficient (Wildman–Crippen LogP) is 4.21. The van der Waals surface area contributed by atoms with E-state index in [1.54, 1.807) is 29.2 Å². The van der Waals surface area contributed by atoms with E-state index in [4.69, 9.17) is 11.6 Å². The lowest BCUT2D eigenvalue weighted by Gasteiger charge is -2.31. The van der Waals surface area contributed by atoms with Crippen LogP contribution in [0.3, 0.4) is 0 Å². The first kappa shape index (κ1) is 19.4. The van der Waals surface area contributed by atoms with Crippen LogP contribution in [-0.2, 0) is 16.0 Å². The number of amides is 2. The van der Waals surface area contributed by atoms with Crippen LogP contribution < -0.4 is 5.32 Å². The summed E-state index contributed by atoms with van der Waals surface area (Å²) >= 11 is 5.94. The van der Waals surface area contributed by atoms with Gasteiger partial charge in [-0.3, -0.25) is 9.59 Å². The summed E-state index contributed by atoms with van der Waals surface area (Å²) in [6.45, 7) is 3.01. The Kier molecular flexibility index (Phi) is 6.11. The summed E-state index contributed by atoms with van der Waals surface area (Å²) in [5, 5.41) is 3.60.